The molecule has 0 fully saturated rings. The Balaban J connectivity index is 1.84. The molecule has 1 N–H and O–H groups in total. The van der Waals surface area contributed by atoms with Gasteiger partial charge in [0, 0.05) is 0 Å². The topological polar surface area (TPSA) is 66.5 Å². The van der Waals surface area contributed by atoms with E-state index in [1.165, 1.54) is 24.3 Å². The minimum Gasteiger partial charge on any atom is -0.348 e. The van der Waals surface area contributed by atoms with Crippen molar-refractivity contribution >= 4 is 17.7 Å². The average Bonchev–Trinajstić information content (AvgIpc) is 2.93. The zero-order chi connectivity index (χ0) is 22.2. The van der Waals surface area contributed by atoms with E-state index in [4.69, 9.17) is 0 Å². The number of hydrogen-bond acceptors (Lipinski definition) is 3. The van der Waals surface area contributed by atoms with E-state index in [2.05, 4.69) is 5.32 Å². The molecular weight excluding hydrogens is 397 g/mol. The van der Waals surface area contributed by atoms with Gasteiger partial charge in [-0.05, 0) is 42.7 Å². The van der Waals surface area contributed by atoms with Crippen LogP contribution in [0, 0.1) is 5.92 Å². The van der Waals surface area contributed by atoms with Gasteiger partial charge in [-0.15, -0.1) is 0 Å². The monoisotopic (exact) mass is 418 g/mol. The number of amides is 3. The van der Waals surface area contributed by atoms with Crippen LogP contribution in [0.15, 0.2) is 48.5 Å². The van der Waals surface area contributed by atoms with Gasteiger partial charge in [-0.1, -0.05) is 38.1 Å². The maximum atomic E-state index is 13.0. The van der Waals surface area contributed by atoms with Gasteiger partial charge in [0.05, 0.1) is 22.7 Å². The zero-order valence-electron chi connectivity index (χ0n) is 16.7. The fourth-order valence-electron chi connectivity index (χ4n) is 3.55. The summed E-state index contributed by atoms with van der Waals surface area (Å²) < 4.78 is 38.9. The van der Waals surface area contributed by atoms with E-state index < -0.39 is 47.5 Å². The van der Waals surface area contributed by atoms with Crippen LogP contribution in [0.25, 0.3) is 0 Å². The van der Waals surface area contributed by atoms with Gasteiger partial charge in [-0.25, -0.2) is 0 Å². The summed E-state index contributed by atoms with van der Waals surface area (Å²) in [7, 11) is 0. The first-order valence-electron chi connectivity index (χ1n) is 9.46. The van der Waals surface area contributed by atoms with E-state index in [-0.39, 0.29) is 16.7 Å². The highest BCUT2D eigenvalue weighted by atomic mass is 19.4. The number of hydrogen-bond donors (Lipinski definition) is 1. The summed E-state index contributed by atoms with van der Waals surface area (Å²) in [6, 6.07) is 9.14. The zero-order valence-corrected chi connectivity index (χ0v) is 16.7. The Bertz CT molecular complexity index is 966. The first-order chi connectivity index (χ1) is 14.0. The molecule has 0 radical (unpaired) electrons. The summed E-state index contributed by atoms with van der Waals surface area (Å²) in [6.07, 6.45) is -4.50. The predicted octanol–water partition coefficient (Wildman–Crippen LogP) is 4.20. The molecule has 1 aliphatic rings. The predicted molar refractivity (Wildman–Crippen MR) is 104 cm³/mol. The first-order valence-corrected chi connectivity index (χ1v) is 9.46. The highest BCUT2D eigenvalue weighted by molar-refractivity contribution is 6.22. The second kappa shape index (κ2) is 7.93. The molecule has 0 aromatic heterocycles. The van der Waals surface area contributed by atoms with Crippen molar-refractivity contribution in [2.45, 2.75) is 39.0 Å². The van der Waals surface area contributed by atoms with Crippen molar-refractivity contribution in [2.75, 3.05) is 0 Å². The molecule has 3 amide bonds. The second-order valence-electron chi connectivity index (χ2n) is 7.57. The summed E-state index contributed by atoms with van der Waals surface area (Å²) in [4.78, 5) is 39.5. The molecule has 2 unspecified atom stereocenters. The number of nitrogens with zero attached hydrogens (tertiary/aromatic N) is 1. The number of alkyl halides is 3. The maximum Gasteiger partial charge on any atom is 0.416 e. The molecule has 0 bridgehead atoms. The molecule has 1 heterocycles. The number of carbonyl (C=O) groups is 3. The van der Waals surface area contributed by atoms with Crippen molar-refractivity contribution in [1.82, 2.24) is 10.2 Å². The van der Waals surface area contributed by atoms with Gasteiger partial charge >= 0.3 is 6.18 Å². The lowest BCUT2D eigenvalue weighted by atomic mass is 9.99. The molecule has 0 saturated heterocycles. The molecular formula is C22H21F3N2O3. The Morgan fingerprint density at radius 3 is 2.00 bits per heavy atom. The molecule has 0 aliphatic carbocycles. The van der Waals surface area contributed by atoms with Crippen molar-refractivity contribution < 1.29 is 27.6 Å². The van der Waals surface area contributed by atoms with Crippen LogP contribution in [0.4, 0.5) is 13.2 Å². The van der Waals surface area contributed by atoms with Gasteiger partial charge in [0.15, 0.2) is 0 Å². The SMILES string of the molecule is CC(NC(=O)C(C(C)C)N1C(=O)c2ccccc2C1=O)c1cccc(C(F)(F)F)c1. The highest BCUT2D eigenvalue weighted by Crippen LogP contribution is 2.31. The van der Waals surface area contributed by atoms with Crippen molar-refractivity contribution in [3.8, 4) is 0 Å². The summed E-state index contributed by atoms with van der Waals surface area (Å²) in [6.45, 7) is 4.94. The summed E-state index contributed by atoms with van der Waals surface area (Å²) in [5.41, 5.74) is -0.0938. The van der Waals surface area contributed by atoms with Crippen LogP contribution in [0.3, 0.4) is 0 Å². The molecule has 158 valence electrons. The Morgan fingerprint density at radius 1 is 0.933 bits per heavy atom. The first kappa shape index (κ1) is 21.5. The van der Waals surface area contributed by atoms with E-state index in [9.17, 15) is 27.6 Å². The van der Waals surface area contributed by atoms with E-state index in [1.54, 1.807) is 32.9 Å². The molecule has 30 heavy (non-hydrogen) atoms. The number of nitrogens with one attached hydrogen (secondary N) is 1. The van der Waals surface area contributed by atoms with E-state index in [1.807, 2.05) is 0 Å². The number of carbonyl (C=O) groups excluding carboxylic acids is 3. The van der Waals surface area contributed by atoms with Crippen molar-refractivity contribution in [1.29, 1.82) is 0 Å². The van der Waals surface area contributed by atoms with E-state index >= 15 is 0 Å². The number of benzene rings is 2. The smallest absolute Gasteiger partial charge is 0.348 e. The van der Waals surface area contributed by atoms with Gasteiger partial charge in [0.25, 0.3) is 11.8 Å². The molecule has 2 atom stereocenters. The Hall–Kier alpha value is -3.16. The fraction of sp³-hybridized carbons (Fsp3) is 0.318. The van der Waals surface area contributed by atoms with E-state index in [0.29, 0.717) is 0 Å². The standard InChI is InChI=1S/C22H21F3N2O3/c1-12(2)18(27-20(29)16-9-4-5-10-17(16)21(27)30)19(28)26-13(3)14-7-6-8-15(11-14)22(23,24)25/h4-13,18H,1-3H3,(H,26,28). The third-order valence-corrected chi connectivity index (χ3v) is 5.08. The highest BCUT2D eigenvalue weighted by Gasteiger charge is 2.44. The summed E-state index contributed by atoms with van der Waals surface area (Å²) >= 11 is 0. The minimum atomic E-state index is -4.50. The van der Waals surface area contributed by atoms with Crippen molar-refractivity contribution in [2.24, 2.45) is 5.92 Å². The van der Waals surface area contributed by atoms with Gasteiger partial charge in [-0.2, -0.15) is 13.2 Å². The molecule has 2 aromatic carbocycles. The third-order valence-electron chi connectivity index (χ3n) is 5.08. The lowest BCUT2D eigenvalue weighted by Gasteiger charge is -2.29. The van der Waals surface area contributed by atoms with Gasteiger partial charge in [-0.3, -0.25) is 19.3 Å². The summed E-state index contributed by atoms with van der Waals surface area (Å²) in [5, 5.41) is 2.65. The molecule has 3 rings (SSSR count). The van der Waals surface area contributed by atoms with E-state index in [0.717, 1.165) is 17.0 Å². The Kier molecular flexibility index (Phi) is 5.70. The van der Waals surface area contributed by atoms with Gasteiger partial charge < -0.3 is 5.32 Å². The lowest BCUT2D eigenvalue weighted by molar-refractivity contribution is -0.137. The van der Waals surface area contributed by atoms with Crippen LogP contribution >= 0.6 is 0 Å². The van der Waals surface area contributed by atoms with Gasteiger partial charge in [0.1, 0.15) is 6.04 Å². The molecule has 0 saturated carbocycles. The molecule has 5 nitrogen and oxygen atoms in total. The lowest BCUT2D eigenvalue weighted by Crippen LogP contribution is -2.52. The molecule has 8 heteroatoms. The molecule has 1 aliphatic heterocycles. The third kappa shape index (κ3) is 3.94. The van der Waals surface area contributed by atoms with Crippen LogP contribution in [-0.2, 0) is 11.0 Å². The van der Waals surface area contributed by atoms with Crippen LogP contribution in [-0.4, -0.2) is 28.7 Å². The van der Waals surface area contributed by atoms with Crippen LogP contribution in [0.1, 0.15) is 58.7 Å². The molecule has 2 aromatic rings. The van der Waals surface area contributed by atoms with Crippen LogP contribution < -0.4 is 5.32 Å². The van der Waals surface area contributed by atoms with Crippen LogP contribution in [0.2, 0.25) is 0 Å². The fourth-order valence-corrected chi connectivity index (χ4v) is 3.55. The number of fused-ring (bicyclic) bond motifs is 1. The van der Waals surface area contributed by atoms with Crippen molar-refractivity contribution in [3.05, 3.63) is 70.8 Å². The van der Waals surface area contributed by atoms with Crippen molar-refractivity contribution in [3.63, 3.8) is 0 Å². The number of rotatable bonds is 5. The summed E-state index contributed by atoms with van der Waals surface area (Å²) in [5.74, 6) is -2.13. The average molecular weight is 418 g/mol. The minimum absolute atomic E-state index is 0.229. The Morgan fingerprint density at radius 2 is 1.50 bits per heavy atom. The number of imide groups is 1. The normalized spacial score (nSPS) is 15.9. The maximum absolute atomic E-state index is 13.0. The Labute approximate surface area is 171 Å². The van der Waals surface area contributed by atoms with Gasteiger partial charge in [0.2, 0.25) is 5.91 Å². The quantitative estimate of drug-likeness (QED) is 0.740. The molecule has 0 spiro atoms. The number of halogens is 3. The van der Waals surface area contributed by atoms with Crippen LogP contribution in [0.5, 0.6) is 0 Å². The largest absolute Gasteiger partial charge is 0.416 e. The second-order valence-corrected chi connectivity index (χ2v) is 7.57.